The second kappa shape index (κ2) is 10.4. The van der Waals surface area contributed by atoms with Gasteiger partial charge in [0.05, 0.1) is 33.6 Å². The third-order valence-electron chi connectivity index (χ3n) is 5.83. The fourth-order valence-electron chi connectivity index (χ4n) is 3.89. The summed E-state index contributed by atoms with van der Waals surface area (Å²) in [6.07, 6.45) is 0. The molecular formula is C24H33N3O4. The monoisotopic (exact) mass is 427 g/mol. The minimum Gasteiger partial charge on any atom is -0.495 e. The third-order valence-corrected chi connectivity index (χ3v) is 5.83. The van der Waals surface area contributed by atoms with E-state index < -0.39 is 0 Å². The molecule has 1 saturated heterocycles. The molecule has 0 aliphatic carbocycles. The van der Waals surface area contributed by atoms with E-state index in [-0.39, 0.29) is 5.91 Å². The van der Waals surface area contributed by atoms with Gasteiger partial charge in [0.25, 0.3) is 0 Å². The predicted molar refractivity (Wildman–Crippen MR) is 122 cm³/mol. The fourth-order valence-corrected chi connectivity index (χ4v) is 3.89. The number of anilines is 1. The van der Waals surface area contributed by atoms with Crippen molar-refractivity contribution in [3.8, 4) is 17.2 Å². The molecule has 31 heavy (non-hydrogen) atoms. The Labute approximate surface area is 185 Å². The number of benzene rings is 2. The van der Waals surface area contributed by atoms with E-state index >= 15 is 0 Å². The lowest BCUT2D eigenvalue weighted by molar-refractivity contribution is -0.131. The summed E-state index contributed by atoms with van der Waals surface area (Å²) in [5, 5.41) is 0. The number of likely N-dealkylation sites (N-methyl/N-ethyl adjacent to an activating group) is 1. The molecule has 0 unspecified atom stereocenters. The van der Waals surface area contributed by atoms with E-state index in [2.05, 4.69) is 15.9 Å². The molecule has 0 bridgehead atoms. The Bertz CT molecular complexity index is 894. The van der Waals surface area contributed by atoms with Crippen molar-refractivity contribution < 1.29 is 19.0 Å². The van der Waals surface area contributed by atoms with E-state index in [0.29, 0.717) is 24.6 Å². The Morgan fingerprint density at radius 3 is 2.19 bits per heavy atom. The number of para-hydroxylation sites is 2. The molecule has 0 N–H and O–H groups in total. The maximum Gasteiger partial charge on any atom is 0.236 e. The first-order valence-electron chi connectivity index (χ1n) is 10.5. The highest BCUT2D eigenvalue weighted by atomic mass is 16.5. The molecule has 0 saturated carbocycles. The Morgan fingerprint density at radius 2 is 1.55 bits per heavy atom. The summed E-state index contributed by atoms with van der Waals surface area (Å²) in [5.41, 5.74) is 3.23. The zero-order valence-corrected chi connectivity index (χ0v) is 19.2. The normalized spacial score (nSPS) is 14.3. The average Bonchev–Trinajstić information content (AvgIpc) is 2.80. The summed E-state index contributed by atoms with van der Waals surface area (Å²) in [6.45, 7) is 6.39. The maximum atomic E-state index is 12.9. The van der Waals surface area contributed by atoms with Crippen LogP contribution in [-0.4, -0.2) is 76.8 Å². The van der Waals surface area contributed by atoms with Crippen molar-refractivity contribution in [1.82, 2.24) is 9.80 Å². The van der Waals surface area contributed by atoms with Gasteiger partial charge in [0.1, 0.15) is 5.75 Å². The van der Waals surface area contributed by atoms with Gasteiger partial charge < -0.3 is 24.0 Å². The van der Waals surface area contributed by atoms with Gasteiger partial charge in [0, 0.05) is 39.8 Å². The number of hydrogen-bond donors (Lipinski definition) is 0. The van der Waals surface area contributed by atoms with Gasteiger partial charge in [-0.3, -0.25) is 9.69 Å². The molecule has 7 nitrogen and oxygen atoms in total. The van der Waals surface area contributed by atoms with Gasteiger partial charge in [-0.15, -0.1) is 0 Å². The molecule has 3 rings (SSSR count). The number of piperazine rings is 1. The van der Waals surface area contributed by atoms with Crippen molar-refractivity contribution in [1.29, 1.82) is 0 Å². The molecule has 0 atom stereocenters. The van der Waals surface area contributed by atoms with Gasteiger partial charge in [-0.25, -0.2) is 0 Å². The van der Waals surface area contributed by atoms with Gasteiger partial charge in [0.2, 0.25) is 5.91 Å². The number of ether oxygens (including phenoxy) is 3. The van der Waals surface area contributed by atoms with Crippen molar-refractivity contribution in [3.63, 3.8) is 0 Å². The summed E-state index contributed by atoms with van der Waals surface area (Å²) in [6, 6.07) is 12.0. The first-order chi connectivity index (χ1) is 15.0. The van der Waals surface area contributed by atoms with Crippen LogP contribution in [0.4, 0.5) is 5.69 Å². The van der Waals surface area contributed by atoms with Gasteiger partial charge >= 0.3 is 0 Å². The maximum absolute atomic E-state index is 12.9. The molecule has 1 fully saturated rings. The van der Waals surface area contributed by atoms with E-state index in [9.17, 15) is 4.79 Å². The van der Waals surface area contributed by atoms with E-state index in [4.69, 9.17) is 14.2 Å². The van der Waals surface area contributed by atoms with Crippen LogP contribution in [0.2, 0.25) is 0 Å². The molecule has 1 amide bonds. The molecule has 0 aromatic heterocycles. The Morgan fingerprint density at radius 1 is 0.935 bits per heavy atom. The van der Waals surface area contributed by atoms with Crippen LogP contribution in [0.5, 0.6) is 17.2 Å². The zero-order chi connectivity index (χ0) is 22.4. The number of hydrogen-bond acceptors (Lipinski definition) is 6. The van der Waals surface area contributed by atoms with Crippen molar-refractivity contribution in [3.05, 3.63) is 47.5 Å². The first-order valence-corrected chi connectivity index (χ1v) is 10.5. The predicted octanol–water partition coefficient (Wildman–Crippen LogP) is 2.80. The van der Waals surface area contributed by atoms with Gasteiger partial charge in [-0.2, -0.15) is 0 Å². The van der Waals surface area contributed by atoms with Crippen molar-refractivity contribution in [2.75, 3.05) is 66.0 Å². The van der Waals surface area contributed by atoms with Crippen molar-refractivity contribution >= 4 is 11.6 Å². The number of nitrogens with zero attached hydrogens (tertiary/aromatic N) is 3. The van der Waals surface area contributed by atoms with Crippen LogP contribution in [-0.2, 0) is 11.3 Å². The molecule has 1 heterocycles. The first kappa shape index (κ1) is 22.7. The van der Waals surface area contributed by atoms with Crippen LogP contribution in [0.3, 0.4) is 0 Å². The zero-order valence-electron chi connectivity index (χ0n) is 19.2. The van der Waals surface area contributed by atoms with E-state index in [1.807, 2.05) is 44.3 Å². The minimum absolute atomic E-state index is 0.111. The Kier molecular flexibility index (Phi) is 7.63. The molecule has 168 valence electrons. The summed E-state index contributed by atoms with van der Waals surface area (Å²) in [4.78, 5) is 19.2. The summed E-state index contributed by atoms with van der Waals surface area (Å²) >= 11 is 0. The van der Waals surface area contributed by atoms with Crippen LogP contribution < -0.4 is 19.1 Å². The Balaban J connectivity index is 1.55. The second-order valence-corrected chi connectivity index (χ2v) is 7.82. The number of carbonyl (C=O) groups is 1. The van der Waals surface area contributed by atoms with Crippen molar-refractivity contribution in [2.45, 2.75) is 13.5 Å². The third kappa shape index (κ3) is 5.41. The lowest BCUT2D eigenvalue weighted by atomic mass is 10.1. The highest BCUT2D eigenvalue weighted by Crippen LogP contribution is 2.31. The molecule has 1 aliphatic heterocycles. The van der Waals surface area contributed by atoms with E-state index in [1.54, 1.807) is 26.2 Å². The van der Waals surface area contributed by atoms with Gasteiger partial charge in [-0.1, -0.05) is 12.1 Å². The highest BCUT2D eigenvalue weighted by Gasteiger charge is 2.22. The molecule has 7 heteroatoms. The fraction of sp³-hybridized carbons (Fsp3) is 0.458. The lowest BCUT2D eigenvalue weighted by Gasteiger charge is -2.36. The van der Waals surface area contributed by atoms with Crippen LogP contribution in [0.1, 0.15) is 11.1 Å². The quantitative estimate of drug-likeness (QED) is 0.646. The molecule has 0 spiro atoms. The smallest absolute Gasteiger partial charge is 0.236 e. The number of rotatable bonds is 8. The van der Waals surface area contributed by atoms with Crippen LogP contribution in [0.25, 0.3) is 0 Å². The topological polar surface area (TPSA) is 54.5 Å². The summed E-state index contributed by atoms with van der Waals surface area (Å²) < 4.78 is 16.3. The summed E-state index contributed by atoms with van der Waals surface area (Å²) in [5.74, 6) is 2.37. The van der Waals surface area contributed by atoms with E-state index in [1.165, 1.54) is 0 Å². The largest absolute Gasteiger partial charge is 0.495 e. The van der Waals surface area contributed by atoms with Crippen LogP contribution >= 0.6 is 0 Å². The molecule has 1 aliphatic rings. The summed E-state index contributed by atoms with van der Waals surface area (Å²) in [7, 11) is 6.80. The van der Waals surface area contributed by atoms with E-state index in [0.717, 1.165) is 48.7 Å². The molecular weight excluding hydrogens is 394 g/mol. The lowest BCUT2D eigenvalue weighted by Crippen LogP contribution is -2.49. The van der Waals surface area contributed by atoms with Crippen LogP contribution in [0, 0.1) is 6.92 Å². The Hall–Kier alpha value is -2.93. The SMILES string of the molecule is COc1cc(C)c(CN(C)C(=O)CN2CCN(c3ccccc3OC)CC2)cc1OC. The van der Waals surface area contributed by atoms with Crippen LogP contribution in [0.15, 0.2) is 36.4 Å². The molecule has 2 aromatic rings. The number of aryl methyl sites for hydroxylation is 1. The molecule has 2 aromatic carbocycles. The van der Waals surface area contributed by atoms with Crippen molar-refractivity contribution in [2.24, 2.45) is 0 Å². The number of methoxy groups -OCH3 is 3. The minimum atomic E-state index is 0.111. The second-order valence-electron chi connectivity index (χ2n) is 7.82. The number of amides is 1. The number of carbonyl (C=O) groups excluding carboxylic acids is 1. The molecule has 0 radical (unpaired) electrons. The van der Waals surface area contributed by atoms with Gasteiger partial charge in [-0.05, 0) is 42.3 Å². The van der Waals surface area contributed by atoms with Gasteiger partial charge in [0.15, 0.2) is 11.5 Å². The average molecular weight is 428 g/mol. The standard InChI is InChI=1S/C24H33N3O4/c1-18-14-22(30-4)23(31-5)15-19(18)16-25(2)24(28)17-26-10-12-27(13-11-26)20-8-6-7-9-21(20)29-3/h6-9,14-15H,10-13,16-17H2,1-5H3. The highest BCUT2D eigenvalue weighted by molar-refractivity contribution is 5.78.